The van der Waals surface area contributed by atoms with E-state index >= 15 is 0 Å². The van der Waals surface area contributed by atoms with Gasteiger partial charge in [0.05, 0.1) is 6.61 Å². The van der Waals surface area contributed by atoms with Crippen molar-refractivity contribution in [1.82, 2.24) is 4.57 Å². The highest BCUT2D eigenvalue weighted by atomic mass is 16.5. The molecule has 0 saturated carbocycles. The van der Waals surface area contributed by atoms with Gasteiger partial charge in [0, 0.05) is 33.8 Å². The van der Waals surface area contributed by atoms with Gasteiger partial charge in [-0.1, -0.05) is 48.5 Å². The molecule has 5 aromatic rings. The Morgan fingerprint density at radius 3 is 2.59 bits per heavy atom. The summed E-state index contributed by atoms with van der Waals surface area (Å²) in [5.74, 6) is -0.183. The molecule has 0 aliphatic carbocycles. The number of aromatic nitrogens is 1. The summed E-state index contributed by atoms with van der Waals surface area (Å²) >= 11 is 0. The zero-order valence-corrected chi connectivity index (χ0v) is 19.1. The minimum atomic E-state index is -0.289. The highest BCUT2D eigenvalue weighted by molar-refractivity contribution is 6.09. The quantitative estimate of drug-likeness (QED) is 0.180. The fourth-order valence-electron chi connectivity index (χ4n) is 4.39. The van der Waals surface area contributed by atoms with E-state index in [9.17, 15) is 9.59 Å². The van der Waals surface area contributed by atoms with Crippen LogP contribution in [0.25, 0.3) is 32.6 Å². The third kappa shape index (κ3) is 3.88. The number of ether oxygens (including phenoxy) is 1. The monoisotopic (exact) mass is 452 g/mol. The SMILES string of the molecule is CCOC(=O)Cn1c(C)c(C=NCC(=O)c2cc3c(ccc4ccccc43)o2)c2ccccc21. The number of rotatable bonds is 7. The number of fused-ring (bicyclic) bond motifs is 4. The number of aliphatic imine (C=N–C) groups is 1. The summed E-state index contributed by atoms with van der Waals surface area (Å²) in [5, 5.41) is 4.04. The zero-order chi connectivity index (χ0) is 23.7. The number of carbonyl (C=O) groups excluding carboxylic acids is 2. The molecule has 0 spiro atoms. The summed E-state index contributed by atoms with van der Waals surface area (Å²) in [4.78, 5) is 29.4. The van der Waals surface area contributed by atoms with Gasteiger partial charge < -0.3 is 13.7 Å². The van der Waals surface area contributed by atoms with Crippen LogP contribution in [0.5, 0.6) is 0 Å². The van der Waals surface area contributed by atoms with Crippen LogP contribution < -0.4 is 0 Å². The first-order chi connectivity index (χ1) is 16.6. The molecule has 0 aliphatic rings. The van der Waals surface area contributed by atoms with E-state index in [2.05, 4.69) is 4.99 Å². The number of carbonyl (C=O) groups is 2. The highest BCUT2D eigenvalue weighted by Crippen LogP contribution is 2.28. The van der Waals surface area contributed by atoms with E-state index in [0.717, 1.165) is 38.3 Å². The number of esters is 1. The van der Waals surface area contributed by atoms with E-state index in [-0.39, 0.29) is 24.8 Å². The fourth-order valence-corrected chi connectivity index (χ4v) is 4.39. The molecule has 0 N–H and O–H groups in total. The van der Waals surface area contributed by atoms with E-state index in [4.69, 9.17) is 9.15 Å². The molecule has 0 bridgehead atoms. The summed E-state index contributed by atoms with van der Waals surface area (Å²) in [6, 6.07) is 21.5. The van der Waals surface area contributed by atoms with Crippen LogP contribution in [0.15, 0.2) is 76.1 Å². The van der Waals surface area contributed by atoms with Crippen molar-refractivity contribution in [3.05, 3.63) is 83.7 Å². The summed E-state index contributed by atoms with van der Waals surface area (Å²) in [6.45, 7) is 4.16. The second-order valence-corrected chi connectivity index (χ2v) is 8.11. The number of benzene rings is 3. The van der Waals surface area contributed by atoms with Crippen LogP contribution in [-0.4, -0.2) is 35.7 Å². The van der Waals surface area contributed by atoms with Crippen molar-refractivity contribution in [1.29, 1.82) is 0 Å². The molecule has 0 saturated heterocycles. The number of furan rings is 1. The highest BCUT2D eigenvalue weighted by Gasteiger charge is 2.16. The summed E-state index contributed by atoms with van der Waals surface area (Å²) in [7, 11) is 0. The predicted molar refractivity (Wildman–Crippen MR) is 134 cm³/mol. The van der Waals surface area contributed by atoms with Gasteiger partial charge in [0.1, 0.15) is 18.7 Å². The summed E-state index contributed by atoms with van der Waals surface area (Å²) in [6.07, 6.45) is 1.70. The largest absolute Gasteiger partial charge is 0.465 e. The molecule has 2 aromatic heterocycles. The van der Waals surface area contributed by atoms with Crippen LogP contribution in [0.3, 0.4) is 0 Å². The van der Waals surface area contributed by atoms with E-state index in [0.29, 0.717) is 18.0 Å². The molecule has 0 unspecified atom stereocenters. The molecule has 0 aliphatic heterocycles. The number of ketones is 1. The molecule has 3 aromatic carbocycles. The molecular weight excluding hydrogens is 428 g/mol. The molecule has 0 radical (unpaired) electrons. The predicted octanol–water partition coefficient (Wildman–Crippen LogP) is 5.71. The van der Waals surface area contributed by atoms with Crippen LogP contribution in [0.1, 0.15) is 28.7 Å². The molecule has 0 amide bonds. The molecule has 6 heteroatoms. The van der Waals surface area contributed by atoms with Crippen molar-refractivity contribution in [2.24, 2.45) is 4.99 Å². The maximum atomic E-state index is 12.8. The lowest BCUT2D eigenvalue weighted by atomic mass is 10.1. The first kappa shape index (κ1) is 21.6. The third-order valence-corrected chi connectivity index (χ3v) is 6.03. The van der Waals surface area contributed by atoms with Crippen LogP contribution in [0.2, 0.25) is 0 Å². The summed E-state index contributed by atoms with van der Waals surface area (Å²) in [5.41, 5.74) is 3.37. The minimum Gasteiger partial charge on any atom is -0.465 e. The van der Waals surface area contributed by atoms with Crippen molar-refractivity contribution in [3.8, 4) is 0 Å². The molecule has 34 heavy (non-hydrogen) atoms. The van der Waals surface area contributed by atoms with Gasteiger partial charge in [0.25, 0.3) is 0 Å². The molecular formula is C28H24N2O4. The van der Waals surface area contributed by atoms with Crippen molar-refractivity contribution < 1.29 is 18.7 Å². The molecule has 0 fully saturated rings. The first-order valence-corrected chi connectivity index (χ1v) is 11.2. The lowest BCUT2D eigenvalue weighted by Crippen LogP contribution is -2.14. The number of nitrogens with zero attached hydrogens (tertiary/aromatic N) is 2. The van der Waals surface area contributed by atoms with Crippen LogP contribution in [0.4, 0.5) is 0 Å². The second-order valence-electron chi connectivity index (χ2n) is 8.11. The Labute approximate surface area is 196 Å². The van der Waals surface area contributed by atoms with E-state index in [1.807, 2.05) is 72.2 Å². The number of para-hydroxylation sites is 1. The standard InChI is InChI=1S/C28H24N2O4/c1-3-33-28(32)17-30-18(2)23(21-10-6-7-11-24(21)30)15-29-16-25(31)27-14-22-20-9-5-4-8-19(20)12-13-26(22)34-27/h4-15H,3,16-17H2,1-2H3. The topological polar surface area (TPSA) is 73.8 Å². The maximum Gasteiger partial charge on any atom is 0.325 e. The first-order valence-electron chi connectivity index (χ1n) is 11.2. The Morgan fingerprint density at radius 1 is 1.00 bits per heavy atom. The van der Waals surface area contributed by atoms with Crippen LogP contribution in [0, 0.1) is 6.92 Å². The lowest BCUT2D eigenvalue weighted by molar-refractivity contribution is -0.143. The van der Waals surface area contributed by atoms with E-state index in [1.54, 1.807) is 19.2 Å². The molecule has 6 nitrogen and oxygen atoms in total. The normalized spacial score (nSPS) is 11.7. The van der Waals surface area contributed by atoms with Gasteiger partial charge in [-0.05, 0) is 42.8 Å². The van der Waals surface area contributed by atoms with Gasteiger partial charge >= 0.3 is 5.97 Å². The Bertz CT molecular complexity index is 1570. The fraction of sp³-hybridized carbons (Fsp3) is 0.179. The van der Waals surface area contributed by atoms with Crippen LogP contribution in [-0.2, 0) is 16.1 Å². The van der Waals surface area contributed by atoms with Gasteiger partial charge in [0.15, 0.2) is 5.76 Å². The average molecular weight is 453 g/mol. The number of Topliss-reactive ketones (excluding diaryl/α,β-unsaturated/α-hetero) is 1. The van der Waals surface area contributed by atoms with Gasteiger partial charge in [-0.3, -0.25) is 14.6 Å². The van der Waals surface area contributed by atoms with Crippen molar-refractivity contribution >= 4 is 50.6 Å². The molecule has 0 atom stereocenters. The van der Waals surface area contributed by atoms with Crippen LogP contribution >= 0.6 is 0 Å². The average Bonchev–Trinajstić information content (AvgIpc) is 3.40. The number of hydrogen-bond donors (Lipinski definition) is 0. The van der Waals surface area contributed by atoms with Gasteiger partial charge in [-0.2, -0.15) is 0 Å². The van der Waals surface area contributed by atoms with Gasteiger partial charge in [-0.15, -0.1) is 0 Å². The van der Waals surface area contributed by atoms with E-state index < -0.39 is 0 Å². The van der Waals surface area contributed by atoms with Crippen molar-refractivity contribution in [2.45, 2.75) is 20.4 Å². The Hall–Kier alpha value is -4.19. The summed E-state index contributed by atoms with van der Waals surface area (Å²) < 4.78 is 12.9. The smallest absolute Gasteiger partial charge is 0.325 e. The number of hydrogen-bond acceptors (Lipinski definition) is 5. The van der Waals surface area contributed by atoms with Crippen molar-refractivity contribution in [3.63, 3.8) is 0 Å². The van der Waals surface area contributed by atoms with Gasteiger partial charge in [0.2, 0.25) is 5.78 Å². The lowest BCUT2D eigenvalue weighted by Gasteiger charge is -2.07. The zero-order valence-electron chi connectivity index (χ0n) is 19.1. The Kier molecular flexibility index (Phi) is 5.72. The molecule has 5 rings (SSSR count). The second kappa shape index (κ2) is 8.98. The van der Waals surface area contributed by atoms with E-state index in [1.165, 1.54) is 0 Å². The third-order valence-electron chi connectivity index (χ3n) is 6.03. The Morgan fingerprint density at radius 2 is 1.76 bits per heavy atom. The Balaban J connectivity index is 1.41. The van der Waals surface area contributed by atoms with Crippen molar-refractivity contribution in [2.75, 3.05) is 13.2 Å². The maximum absolute atomic E-state index is 12.8. The minimum absolute atomic E-state index is 0.0332. The molecule has 170 valence electrons. The van der Waals surface area contributed by atoms with Gasteiger partial charge in [-0.25, -0.2) is 0 Å². The molecule has 2 heterocycles.